The minimum atomic E-state index is 0.933. The molecule has 0 spiro atoms. The molecule has 0 fully saturated rings. The Hall–Kier alpha value is -1.38. The zero-order valence-electron chi connectivity index (χ0n) is 5.65. The summed E-state index contributed by atoms with van der Waals surface area (Å²) in [5.41, 5.74) is 1.90. The summed E-state index contributed by atoms with van der Waals surface area (Å²) < 4.78 is 1.95. The molecule has 0 aliphatic heterocycles. The summed E-state index contributed by atoms with van der Waals surface area (Å²) in [7, 11) is 0. The van der Waals surface area contributed by atoms with Crippen molar-refractivity contribution in [3.05, 3.63) is 30.5 Å². The van der Waals surface area contributed by atoms with Crippen LogP contribution in [0.15, 0.2) is 24.8 Å². The Morgan fingerprint density at radius 2 is 1.90 bits per heavy atom. The molecule has 0 aromatic carbocycles. The van der Waals surface area contributed by atoms with Crippen LogP contribution in [0.4, 0.5) is 0 Å². The molecule has 2 aromatic heterocycles. The standard InChI is InChI=1S/C7H7N3/c1-6-7-9-3-5-10(7)4-2-8-6/h2-5H,1H3. The highest BCUT2D eigenvalue weighted by Gasteiger charge is 1.94. The molecule has 0 amide bonds. The second-order valence-electron chi connectivity index (χ2n) is 2.17. The van der Waals surface area contributed by atoms with Crippen molar-refractivity contribution < 1.29 is 0 Å². The Morgan fingerprint density at radius 1 is 1.20 bits per heavy atom. The van der Waals surface area contributed by atoms with Gasteiger partial charge in [0, 0.05) is 24.8 Å². The van der Waals surface area contributed by atoms with Gasteiger partial charge in [-0.1, -0.05) is 0 Å². The van der Waals surface area contributed by atoms with Crippen molar-refractivity contribution >= 4 is 5.65 Å². The number of nitrogens with zero attached hydrogens (tertiary/aromatic N) is 3. The summed E-state index contributed by atoms with van der Waals surface area (Å²) in [6.07, 6.45) is 7.33. The van der Waals surface area contributed by atoms with Crippen molar-refractivity contribution in [1.29, 1.82) is 0 Å². The molecule has 2 heterocycles. The molecule has 0 atom stereocenters. The van der Waals surface area contributed by atoms with Crippen LogP contribution < -0.4 is 0 Å². The van der Waals surface area contributed by atoms with Gasteiger partial charge in [-0.15, -0.1) is 0 Å². The fraction of sp³-hybridized carbons (Fsp3) is 0.143. The Kier molecular flexibility index (Phi) is 0.974. The fourth-order valence-electron chi connectivity index (χ4n) is 0.988. The molecule has 2 aromatic rings. The molecule has 3 heteroatoms. The van der Waals surface area contributed by atoms with Gasteiger partial charge in [0.2, 0.25) is 0 Å². The molecule has 3 nitrogen and oxygen atoms in total. The molecule has 0 radical (unpaired) electrons. The van der Waals surface area contributed by atoms with Crippen LogP contribution in [0.2, 0.25) is 0 Å². The average Bonchev–Trinajstić information content (AvgIpc) is 2.36. The van der Waals surface area contributed by atoms with Crippen molar-refractivity contribution in [2.45, 2.75) is 6.92 Å². The lowest BCUT2D eigenvalue weighted by atomic mass is 10.5. The Balaban J connectivity index is 2.95. The van der Waals surface area contributed by atoms with E-state index in [0.29, 0.717) is 0 Å². The summed E-state index contributed by atoms with van der Waals surface area (Å²) in [6.45, 7) is 1.95. The second-order valence-corrected chi connectivity index (χ2v) is 2.17. The highest BCUT2D eigenvalue weighted by Crippen LogP contribution is 2.01. The van der Waals surface area contributed by atoms with Crippen LogP contribution in [0.5, 0.6) is 0 Å². The molecule has 0 N–H and O–H groups in total. The summed E-state index contributed by atoms with van der Waals surface area (Å²) in [6, 6.07) is 0. The molecule has 0 aliphatic carbocycles. The third-order valence-corrected chi connectivity index (χ3v) is 1.49. The van der Waals surface area contributed by atoms with Gasteiger partial charge in [0.25, 0.3) is 0 Å². The SMILES string of the molecule is Cc1nccn2ccnc12. The number of fused-ring (bicyclic) bond motifs is 1. The number of hydrogen-bond donors (Lipinski definition) is 0. The van der Waals surface area contributed by atoms with Crippen LogP contribution in [0.3, 0.4) is 0 Å². The van der Waals surface area contributed by atoms with Crippen LogP contribution in [-0.4, -0.2) is 14.4 Å². The van der Waals surface area contributed by atoms with E-state index in [1.54, 1.807) is 12.4 Å². The number of imidazole rings is 1. The maximum atomic E-state index is 4.12. The smallest absolute Gasteiger partial charge is 0.158 e. The lowest BCUT2D eigenvalue weighted by Crippen LogP contribution is -1.88. The van der Waals surface area contributed by atoms with Crippen molar-refractivity contribution in [3.8, 4) is 0 Å². The minimum absolute atomic E-state index is 0.933. The lowest BCUT2D eigenvalue weighted by Gasteiger charge is -1.93. The topological polar surface area (TPSA) is 30.2 Å². The molecular formula is C7H7N3. The zero-order valence-corrected chi connectivity index (χ0v) is 5.65. The van der Waals surface area contributed by atoms with Gasteiger partial charge in [0.15, 0.2) is 5.65 Å². The van der Waals surface area contributed by atoms with Crippen molar-refractivity contribution in [3.63, 3.8) is 0 Å². The van der Waals surface area contributed by atoms with E-state index in [1.165, 1.54) is 0 Å². The van der Waals surface area contributed by atoms with E-state index < -0.39 is 0 Å². The summed E-state index contributed by atoms with van der Waals surface area (Å²) in [5, 5.41) is 0. The quantitative estimate of drug-likeness (QED) is 0.537. The van der Waals surface area contributed by atoms with Crippen LogP contribution in [0, 0.1) is 6.92 Å². The molecule has 0 saturated carbocycles. The van der Waals surface area contributed by atoms with Crippen molar-refractivity contribution in [2.24, 2.45) is 0 Å². The first-order valence-electron chi connectivity index (χ1n) is 3.12. The third-order valence-electron chi connectivity index (χ3n) is 1.49. The van der Waals surface area contributed by atoms with Gasteiger partial charge in [0.1, 0.15) is 0 Å². The van der Waals surface area contributed by atoms with Gasteiger partial charge < -0.3 is 4.40 Å². The van der Waals surface area contributed by atoms with Gasteiger partial charge in [-0.3, -0.25) is 4.98 Å². The van der Waals surface area contributed by atoms with E-state index in [-0.39, 0.29) is 0 Å². The maximum absolute atomic E-state index is 4.12. The molecule has 2 rings (SSSR count). The highest BCUT2D eigenvalue weighted by atomic mass is 15.0. The average molecular weight is 133 g/mol. The van der Waals surface area contributed by atoms with E-state index in [1.807, 2.05) is 23.7 Å². The van der Waals surface area contributed by atoms with Crippen molar-refractivity contribution in [1.82, 2.24) is 14.4 Å². The van der Waals surface area contributed by atoms with Gasteiger partial charge in [-0.25, -0.2) is 4.98 Å². The highest BCUT2D eigenvalue weighted by molar-refractivity contribution is 5.41. The van der Waals surface area contributed by atoms with Gasteiger partial charge in [-0.05, 0) is 6.92 Å². The first-order chi connectivity index (χ1) is 4.88. The molecule has 0 unspecified atom stereocenters. The third kappa shape index (κ3) is 0.603. The van der Waals surface area contributed by atoms with E-state index in [4.69, 9.17) is 0 Å². The van der Waals surface area contributed by atoms with Crippen LogP contribution >= 0.6 is 0 Å². The van der Waals surface area contributed by atoms with E-state index in [2.05, 4.69) is 9.97 Å². The van der Waals surface area contributed by atoms with Crippen LogP contribution in [0.25, 0.3) is 5.65 Å². The van der Waals surface area contributed by atoms with E-state index in [0.717, 1.165) is 11.3 Å². The maximum Gasteiger partial charge on any atom is 0.158 e. The Labute approximate surface area is 58.4 Å². The molecule has 0 aliphatic rings. The lowest BCUT2D eigenvalue weighted by molar-refractivity contribution is 1.08. The number of rotatable bonds is 0. The fourth-order valence-corrected chi connectivity index (χ4v) is 0.988. The minimum Gasteiger partial charge on any atom is -0.304 e. The number of hydrogen-bond acceptors (Lipinski definition) is 2. The molecular weight excluding hydrogens is 126 g/mol. The normalized spacial score (nSPS) is 10.5. The van der Waals surface area contributed by atoms with Gasteiger partial charge in [0.05, 0.1) is 5.69 Å². The van der Waals surface area contributed by atoms with Crippen LogP contribution in [0.1, 0.15) is 5.69 Å². The predicted molar refractivity (Wildman–Crippen MR) is 37.7 cm³/mol. The summed E-state index contributed by atoms with van der Waals surface area (Å²) in [5.74, 6) is 0. The van der Waals surface area contributed by atoms with Crippen LogP contribution in [-0.2, 0) is 0 Å². The van der Waals surface area contributed by atoms with E-state index >= 15 is 0 Å². The molecule has 10 heavy (non-hydrogen) atoms. The monoisotopic (exact) mass is 133 g/mol. The predicted octanol–water partition coefficient (Wildman–Crippen LogP) is 1.04. The van der Waals surface area contributed by atoms with E-state index in [9.17, 15) is 0 Å². The molecule has 50 valence electrons. The Morgan fingerprint density at radius 3 is 2.60 bits per heavy atom. The number of aromatic nitrogens is 3. The first-order valence-corrected chi connectivity index (χ1v) is 3.12. The molecule has 0 saturated heterocycles. The van der Waals surface area contributed by atoms with Gasteiger partial charge in [-0.2, -0.15) is 0 Å². The zero-order chi connectivity index (χ0) is 6.97. The van der Waals surface area contributed by atoms with Gasteiger partial charge >= 0.3 is 0 Å². The first kappa shape index (κ1) is 5.41. The van der Waals surface area contributed by atoms with Crippen molar-refractivity contribution in [2.75, 3.05) is 0 Å². The molecule has 0 bridgehead atoms. The number of aryl methyl sites for hydroxylation is 1. The summed E-state index contributed by atoms with van der Waals surface area (Å²) >= 11 is 0. The second kappa shape index (κ2) is 1.80. The Bertz CT molecular complexity index is 350. The summed E-state index contributed by atoms with van der Waals surface area (Å²) in [4.78, 5) is 8.21. The largest absolute Gasteiger partial charge is 0.304 e.